The van der Waals surface area contributed by atoms with E-state index in [1.54, 1.807) is 6.07 Å². The number of nitrogens with two attached hydrogens (primary N) is 1. The van der Waals surface area contributed by atoms with Gasteiger partial charge in [0, 0.05) is 12.0 Å². The van der Waals surface area contributed by atoms with Crippen molar-refractivity contribution in [3.8, 4) is 6.07 Å². The largest absolute Gasteiger partial charge is 0.396 e. The van der Waals surface area contributed by atoms with Crippen molar-refractivity contribution in [2.24, 2.45) is 0 Å². The highest BCUT2D eigenvalue weighted by atomic mass is 19.1. The second-order valence-corrected chi connectivity index (χ2v) is 3.36. The number of anilines is 1. The second-order valence-electron chi connectivity index (χ2n) is 3.36. The zero-order chi connectivity index (χ0) is 12.8. The first-order chi connectivity index (χ1) is 8.06. The molecule has 0 aliphatic rings. The van der Waals surface area contributed by atoms with Crippen molar-refractivity contribution in [3.05, 3.63) is 29.3 Å². The van der Waals surface area contributed by atoms with Crippen LogP contribution in [0.15, 0.2) is 12.1 Å². The molecule has 0 fully saturated rings. The van der Waals surface area contributed by atoms with E-state index >= 15 is 0 Å². The molecule has 3 N–H and O–H groups in total. The molecule has 4 nitrogen and oxygen atoms in total. The third-order valence-corrected chi connectivity index (χ3v) is 2.18. The van der Waals surface area contributed by atoms with Crippen molar-refractivity contribution < 1.29 is 13.6 Å². The number of nitrogens with zero attached hydrogens (tertiary/aromatic N) is 1. The van der Waals surface area contributed by atoms with E-state index in [9.17, 15) is 13.6 Å². The highest BCUT2D eigenvalue weighted by Crippen LogP contribution is 2.19. The van der Waals surface area contributed by atoms with Gasteiger partial charge in [-0.25, -0.2) is 8.78 Å². The number of nitrogens with one attached hydrogen (secondary N) is 1. The molecule has 90 valence electrons. The normalized spacial score (nSPS) is 9.71. The monoisotopic (exact) mass is 239 g/mol. The Hall–Kier alpha value is -2.16. The quantitative estimate of drug-likeness (QED) is 0.610. The minimum atomic E-state index is -0.835. The van der Waals surface area contributed by atoms with Gasteiger partial charge in [-0.2, -0.15) is 5.26 Å². The van der Waals surface area contributed by atoms with Gasteiger partial charge < -0.3 is 11.1 Å². The first kappa shape index (κ1) is 12.9. The Morgan fingerprint density at radius 3 is 2.82 bits per heavy atom. The van der Waals surface area contributed by atoms with Crippen LogP contribution in [0.25, 0.3) is 0 Å². The van der Waals surface area contributed by atoms with E-state index < -0.39 is 17.5 Å². The van der Waals surface area contributed by atoms with Crippen LogP contribution in [0.2, 0.25) is 0 Å². The lowest BCUT2D eigenvalue weighted by molar-refractivity contribution is -0.120. The predicted octanol–water partition coefficient (Wildman–Crippen LogP) is 1.12. The molecule has 1 aromatic rings. The lowest BCUT2D eigenvalue weighted by Gasteiger charge is -2.06. The van der Waals surface area contributed by atoms with E-state index in [1.165, 1.54) is 0 Å². The molecule has 0 spiro atoms. The van der Waals surface area contributed by atoms with Crippen molar-refractivity contribution >= 4 is 11.6 Å². The molecule has 0 radical (unpaired) electrons. The molecular weight excluding hydrogens is 228 g/mol. The van der Waals surface area contributed by atoms with Crippen LogP contribution in [0.3, 0.4) is 0 Å². The van der Waals surface area contributed by atoms with Crippen molar-refractivity contribution in [2.45, 2.75) is 12.8 Å². The fourth-order valence-electron chi connectivity index (χ4n) is 1.31. The van der Waals surface area contributed by atoms with E-state index in [0.717, 1.165) is 12.1 Å². The molecule has 0 aliphatic carbocycles. The summed E-state index contributed by atoms with van der Waals surface area (Å²) in [7, 11) is 0. The summed E-state index contributed by atoms with van der Waals surface area (Å²) < 4.78 is 26.7. The Labute approximate surface area is 97.0 Å². The van der Waals surface area contributed by atoms with E-state index in [0.29, 0.717) is 0 Å². The fourth-order valence-corrected chi connectivity index (χ4v) is 1.31. The predicted molar refractivity (Wildman–Crippen MR) is 57.7 cm³/mol. The molecule has 0 saturated carbocycles. The summed E-state index contributed by atoms with van der Waals surface area (Å²) in [4.78, 5) is 11.1. The van der Waals surface area contributed by atoms with Gasteiger partial charge in [-0.15, -0.1) is 0 Å². The Morgan fingerprint density at radius 2 is 2.18 bits per heavy atom. The molecule has 0 saturated heterocycles. The van der Waals surface area contributed by atoms with E-state index in [4.69, 9.17) is 11.0 Å². The molecule has 0 bridgehead atoms. The van der Waals surface area contributed by atoms with Crippen LogP contribution < -0.4 is 11.1 Å². The van der Waals surface area contributed by atoms with Gasteiger partial charge in [0.05, 0.1) is 11.8 Å². The van der Waals surface area contributed by atoms with Crippen molar-refractivity contribution in [1.29, 1.82) is 5.26 Å². The van der Waals surface area contributed by atoms with Crippen LogP contribution in [0.5, 0.6) is 0 Å². The molecule has 0 heterocycles. The van der Waals surface area contributed by atoms with Crippen LogP contribution in [0.4, 0.5) is 14.5 Å². The molecule has 0 atom stereocenters. The summed E-state index contributed by atoms with van der Waals surface area (Å²) in [5.41, 5.74) is 4.93. The summed E-state index contributed by atoms with van der Waals surface area (Å²) in [5, 5.41) is 10.5. The van der Waals surface area contributed by atoms with Gasteiger partial charge in [-0.1, -0.05) is 0 Å². The Kier molecular flexibility index (Phi) is 4.40. The maximum absolute atomic E-state index is 13.4. The first-order valence-electron chi connectivity index (χ1n) is 4.92. The SMILES string of the molecule is N#CCNC(=O)CCc1c(F)ccc(N)c1F. The van der Waals surface area contributed by atoms with Gasteiger partial charge in [-0.05, 0) is 18.6 Å². The molecule has 0 aromatic heterocycles. The third kappa shape index (κ3) is 3.41. The summed E-state index contributed by atoms with van der Waals surface area (Å²) in [6, 6.07) is 3.91. The highest BCUT2D eigenvalue weighted by molar-refractivity contribution is 5.76. The van der Waals surface area contributed by atoms with Gasteiger partial charge in [0.25, 0.3) is 0 Å². The summed E-state index contributed by atoms with van der Waals surface area (Å²) >= 11 is 0. The molecule has 1 aromatic carbocycles. The van der Waals surface area contributed by atoms with Gasteiger partial charge in [-0.3, -0.25) is 4.79 Å². The summed E-state index contributed by atoms with van der Waals surface area (Å²) in [6.07, 6.45) is -0.195. The van der Waals surface area contributed by atoms with Crippen molar-refractivity contribution in [1.82, 2.24) is 5.32 Å². The van der Waals surface area contributed by atoms with Crippen molar-refractivity contribution in [3.63, 3.8) is 0 Å². The smallest absolute Gasteiger partial charge is 0.221 e. The molecule has 0 aliphatic heterocycles. The molecular formula is C11H11F2N3O. The van der Waals surface area contributed by atoms with Gasteiger partial charge >= 0.3 is 0 Å². The number of rotatable bonds is 4. The highest BCUT2D eigenvalue weighted by Gasteiger charge is 2.13. The number of hydrogen-bond acceptors (Lipinski definition) is 3. The number of halogens is 2. The molecule has 6 heteroatoms. The molecule has 0 unspecified atom stereocenters. The number of hydrogen-bond donors (Lipinski definition) is 2. The van der Waals surface area contributed by atoms with Crippen LogP contribution in [-0.4, -0.2) is 12.5 Å². The van der Waals surface area contributed by atoms with Crippen molar-refractivity contribution in [2.75, 3.05) is 12.3 Å². The number of nitriles is 1. The van der Waals surface area contributed by atoms with Crippen LogP contribution >= 0.6 is 0 Å². The Morgan fingerprint density at radius 1 is 1.47 bits per heavy atom. The minimum Gasteiger partial charge on any atom is -0.396 e. The zero-order valence-corrected chi connectivity index (χ0v) is 8.96. The van der Waals surface area contributed by atoms with E-state index in [1.807, 2.05) is 0 Å². The third-order valence-electron chi connectivity index (χ3n) is 2.18. The van der Waals surface area contributed by atoms with E-state index in [2.05, 4.69) is 5.32 Å². The number of amides is 1. The standard InChI is InChI=1S/C11H11F2N3O/c12-8-2-3-9(15)11(13)7(8)1-4-10(17)16-6-5-14/h2-3H,1,4,6,15H2,(H,16,17). The van der Waals surface area contributed by atoms with Gasteiger partial charge in [0.1, 0.15) is 12.4 Å². The topological polar surface area (TPSA) is 78.9 Å². The zero-order valence-electron chi connectivity index (χ0n) is 8.96. The van der Waals surface area contributed by atoms with E-state index in [-0.39, 0.29) is 30.6 Å². The minimum absolute atomic E-state index is 0.0973. The van der Waals surface area contributed by atoms with Crippen LogP contribution in [-0.2, 0) is 11.2 Å². The maximum atomic E-state index is 13.4. The molecule has 1 amide bonds. The second kappa shape index (κ2) is 5.80. The number of nitrogen functional groups attached to an aromatic ring is 1. The van der Waals surface area contributed by atoms with Crippen LogP contribution in [0, 0.1) is 23.0 Å². The number of benzene rings is 1. The Bertz CT molecular complexity index is 469. The lowest BCUT2D eigenvalue weighted by Crippen LogP contribution is -2.24. The maximum Gasteiger partial charge on any atom is 0.221 e. The average Bonchev–Trinajstić information content (AvgIpc) is 2.31. The number of carbonyl (C=O) groups excluding carboxylic acids is 1. The van der Waals surface area contributed by atoms with Gasteiger partial charge in [0.2, 0.25) is 5.91 Å². The molecule has 17 heavy (non-hydrogen) atoms. The summed E-state index contributed by atoms with van der Waals surface area (Å²) in [5.74, 6) is -2.00. The lowest BCUT2D eigenvalue weighted by atomic mass is 10.1. The molecule has 1 rings (SSSR count). The summed E-state index contributed by atoms with van der Waals surface area (Å²) in [6.45, 7) is -0.124. The van der Waals surface area contributed by atoms with Crippen LogP contribution in [0.1, 0.15) is 12.0 Å². The number of carbonyl (C=O) groups is 1. The fraction of sp³-hybridized carbons (Fsp3) is 0.273. The Balaban J connectivity index is 2.67. The first-order valence-corrected chi connectivity index (χ1v) is 4.92. The average molecular weight is 239 g/mol. The van der Waals surface area contributed by atoms with Gasteiger partial charge in [0.15, 0.2) is 5.82 Å².